The van der Waals surface area contributed by atoms with Gasteiger partial charge in [-0.25, -0.2) is 4.39 Å². The maximum absolute atomic E-state index is 13.6. The normalized spacial score (nSPS) is 23.1. The number of halogens is 4. The van der Waals surface area contributed by atoms with Crippen LogP contribution in [-0.2, 0) is 6.18 Å². The van der Waals surface area contributed by atoms with Gasteiger partial charge in [0.05, 0.1) is 11.3 Å². The molecule has 0 bridgehead atoms. The molecule has 5 heteroatoms. The second-order valence-electron chi connectivity index (χ2n) is 6.03. The van der Waals surface area contributed by atoms with Crippen LogP contribution >= 0.6 is 0 Å². The number of nitrogens with one attached hydrogen (secondary N) is 1. The first-order chi connectivity index (χ1) is 9.86. The molecule has 0 atom stereocenters. The van der Waals surface area contributed by atoms with Gasteiger partial charge in [0.15, 0.2) is 0 Å². The molecule has 2 rings (SSSR count). The van der Waals surface area contributed by atoms with E-state index in [-0.39, 0.29) is 5.69 Å². The van der Waals surface area contributed by atoms with Crippen LogP contribution in [0.4, 0.5) is 23.2 Å². The van der Waals surface area contributed by atoms with Gasteiger partial charge in [0.2, 0.25) is 0 Å². The second kappa shape index (κ2) is 6.67. The summed E-state index contributed by atoms with van der Waals surface area (Å²) in [6.45, 7) is 2.85. The summed E-state index contributed by atoms with van der Waals surface area (Å²) in [5.41, 5.74) is -0.806. The standard InChI is InChI=1S/C16H21F4N/c1-11-2-4-12(5-3-11)8-9-21-15-7-6-13(10-14(15)17)16(18,19)20/h6-7,10-12,21H,2-5,8-9H2,1H3. The first-order valence-corrected chi connectivity index (χ1v) is 7.47. The van der Waals surface area contributed by atoms with Crippen LogP contribution in [0.25, 0.3) is 0 Å². The highest BCUT2D eigenvalue weighted by molar-refractivity contribution is 5.46. The van der Waals surface area contributed by atoms with Gasteiger partial charge in [-0.2, -0.15) is 13.2 Å². The SMILES string of the molecule is CC1CCC(CCNc2ccc(C(F)(F)F)cc2F)CC1. The van der Waals surface area contributed by atoms with Gasteiger partial charge < -0.3 is 5.32 Å². The summed E-state index contributed by atoms with van der Waals surface area (Å²) in [6, 6.07) is 2.62. The fraction of sp³-hybridized carbons (Fsp3) is 0.625. The van der Waals surface area contributed by atoms with Crippen molar-refractivity contribution in [2.75, 3.05) is 11.9 Å². The van der Waals surface area contributed by atoms with Crippen LogP contribution < -0.4 is 5.32 Å². The van der Waals surface area contributed by atoms with Crippen molar-refractivity contribution in [1.29, 1.82) is 0 Å². The summed E-state index contributed by atoms with van der Waals surface area (Å²) in [5.74, 6) is 0.592. The summed E-state index contributed by atoms with van der Waals surface area (Å²) >= 11 is 0. The third-order valence-electron chi connectivity index (χ3n) is 4.30. The maximum atomic E-state index is 13.6. The third kappa shape index (κ3) is 4.61. The Kier molecular flexibility index (Phi) is 5.12. The highest BCUT2D eigenvalue weighted by Crippen LogP contribution is 2.32. The molecule has 1 saturated carbocycles. The molecule has 1 aliphatic rings. The van der Waals surface area contributed by atoms with E-state index in [1.54, 1.807) is 0 Å². The Balaban J connectivity index is 1.83. The summed E-state index contributed by atoms with van der Waals surface area (Å²) in [5, 5.41) is 2.91. The van der Waals surface area contributed by atoms with Crippen LogP contribution in [0.5, 0.6) is 0 Å². The zero-order valence-corrected chi connectivity index (χ0v) is 12.1. The minimum Gasteiger partial charge on any atom is -0.383 e. The van der Waals surface area contributed by atoms with E-state index >= 15 is 0 Å². The largest absolute Gasteiger partial charge is 0.416 e. The van der Waals surface area contributed by atoms with E-state index in [4.69, 9.17) is 0 Å². The van der Waals surface area contributed by atoms with Gasteiger partial charge >= 0.3 is 6.18 Å². The highest BCUT2D eigenvalue weighted by Gasteiger charge is 2.31. The van der Waals surface area contributed by atoms with E-state index in [2.05, 4.69) is 12.2 Å². The minimum atomic E-state index is -4.50. The lowest BCUT2D eigenvalue weighted by molar-refractivity contribution is -0.137. The summed E-state index contributed by atoms with van der Waals surface area (Å²) in [6.07, 6.45) is 1.29. The van der Waals surface area contributed by atoms with Crippen molar-refractivity contribution in [3.8, 4) is 0 Å². The van der Waals surface area contributed by atoms with Crippen molar-refractivity contribution in [2.45, 2.75) is 45.2 Å². The summed E-state index contributed by atoms with van der Waals surface area (Å²) in [4.78, 5) is 0. The summed E-state index contributed by atoms with van der Waals surface area (Å²) in [7, 11) is 0. The molecule has 1 N–H and O–H groups in total. The smallest absolute Gasteiger partial charge is 0.383 e. The van der Waals surface area contributed by atoms with E-state index < -0.39 is 17.6 Å². The zero-order valence-electron chi connectivity index (χ0n) is 12.1. The topological polar surface area (TPSA) is 12.0 Å². The molecule has 1 aliphatic carbocycles. The Labute approximate surface area is 122 Å². The van der Waals surface area contributed by atoms with Crippen molar-refractivity contribution >= 4 is 5.69 Å². The number of rotatable bonds is 4. The van der Waals surface area contributed by atoms with Crippen LogP contribution in [0.3, 0.4) is 0 Å². The molecular weight excluding hydrogens is 282 g/mol. The average molecular weight is 303 g/mol. The monoisotopic (exact) mass is 303 g/mol. The molecule has 0 radical (unpaired) electrons. The Hall–Kier alpha value is -1.26. The molecule has 0 saturated heterocycles. The molecule has 1 aromatic carbocycles. The van der Waals surface area contributed by atoms with Gasteiger partial charge in [0.1, 0.15) is 5.82 Å². The van der Waals surface area contributed by atoms with Crippen molar-refractivity contribution < 1.29 is 17.6 Å². The molecule has 0 unspecified atom stereocenters. The predicted octanol–water partition coefficient (Wildman–Crippen LogP) is 5.47. The fourth-order valence-electron chi connectivity index (χ4n) is 2.86. The number of benzene rings is 1. The predicted molar refractivity (Wildman–Crippen MR) is 75.6 cm³/mol. The van der Waals surface area contributed by atoms with Crippen molar-refractivity contribution in [1.82, 2.24) is 0 Å². The van der Waals surface area contributed by atoms with Crippen molar-refractivity contribution in [3.63, 3.8) is 0 Å². The van der Waals surface area contributed by atoms with E-state index in [1.807, 2.05) is 0 Å². The van der Waals surface area contributed by atoms with Gasteiger partial charge in [-0.05, 0) is 36.5 Å². The third-order valence-corrected chi connectivity index (χ3v) is 4.30. The molecule has 0 aliphatic heterocycles. The van der Waals surface area contributed by atoms with Gasteiger partial charge in [0, 0.05) is 6.54 Å². The first-order valence-electron chi connectivity index (χ1n) is 7.47. The van der Waals surface area contributed by atoms with Gasteiger partial charge in [-0.15, -0.1) is 0 Å². The first kappa shape index (κ1) is 16.1. The zero-order chi connectivity index (χ0) is 15.5. The van der Waals surface area contributed by atoms with E-state index in [1.165, 1.54) is 31.7 Å². The molecule has 1 fully saturated rings. The molecule has 1 aromatic rings. The van der Waals surface area contributed by atoms with Crippen molar-refractivity contribution in [3.05, 3.63) is 29.6 Å². The Morgan fingerprint density at radius 1 is 1.14 bits per heavy atom. The quantitative estimate of drug-likeness (QED) is 0.727. The van der Waals surface area contributed by atoms with Crippen LogP contribution in [0.2, 0.25) is 0 Å². The second-order valence-corrected chi connectivity index (χ2v) is 6.03. The Bertz CT molecular complexity index is 462. The maximum Gasteiger partial charge on any atom is 0.416 e. The number of hydrogen-bond acceptors (Lipinski definition) is 1. The molecule has 118 valence electrons. The van der Waals surface area contributed by atoms with E-state index in [9.17, 15) is 17.6 Å². The molecule has 0 spiro atoms. The van der Waals surface area contributed by atoms with Gasteiger partial charge in [-0.1, -0.05) is 32.6 Å². The van der Waals surface area contributed by atoms with Crippen molar-refractivity contribution in [2.24, 2.45) is 11.8 Å². The lowest BCUT2D eigenvalue weighted by Crippen LogP contribution is -2.16. The van der Waals surface area contributed by atoms with Gasteiger partial charge in [0.25, 0.3) is 0 Å². The van der Waals surface area contributed by atoms with Crippen LogP contribution in [0.15, 0.2) is 18.2 Å². The summed E-state index contributed by atoms with van der Waals surface area (Å²) < 4.78 is 51.0. The molecular formula is C16H21F4N. The highest BCUT2D eigenvalue weighted by atomic mass is 19.4. The molecule has 0 amide bonds. The Morgan fingerprint density at radius 3 is 2.38 bits per heavy atom. The lowest BCUT2D eigenvalue weighted by Gasteiger charge is -2.26. The lowest BCUT2D eigenvalue weighted by atomic mass is 9.81. The Morgan fingerprint density at radius 2 is 1.81 bits per heavy atom. The van der Waals surface area contributed by atoms with E-state index in [0.29, 0.717) is 18.5 Å². The van der Waals surface area contributed by atoms with Crippen LogP contribution in [-0.4, -0.2) is 6.54 Å². The molecule has 0 aromatic heterocycles. The van der Waals surface area contributed by atoms with E-state index in [0.717, 1.165) is 18.4 Å². The number of alkyl halides is 3. The fourth-order valence-corrected chi connectivity index (χ4v) is 2.86. The molecule has 21 heavy (non-hydrogen) atoms. The average Bonchev–Trinajstić information content (AvgIpc) is 2.41. The molecule has 1 nitrogen and oxygen atoms in total. The van der Waals surface area contributed by atoms with Crippen LogP contribution in [0.1, 0.15) is 44.6 Å². The number of hydrogen-bond donors (Lipinski definition) is 1. The van der Waals surface area contributed by atoms with Crippen LogP contribution in [0, 0.1) is 17.7 Å². The minimum absolute atomic E-state index is 0.146. The number of anilines is 1. The molecule has 0 heterocycles. The van der Waals surface area contributed by atoms with Gasteiger partial charge in [-0.3, -0.25) is 0 Å².